The highest BCUT2D eigenvalue weighted by Gasteiger charge is 2.22. The van der Waals surface area contributed by atoms with Gasteiger partial charge in [-0.15, -0.1) is 0 Å². The second-order valence-corrected chi connectivity index (χ2v) is 8.24. The molecule has 0 unspecified atom stereocenters. The number of sulfonamides is 1. The van der Waals surface area contributed by atoms with Crippen molar-refractivity contribution in [3.63, 3.8) is 0 Å². The average Bonchev–Trinajstić information content (AvgIpc) is 2.27. The van der Waals surface area contributed by atoms with Crippen molar-refractivity contribution < 1.29 is 8.42 Å². The molecule has 0 aliphatic carbocycles. The van der Waals surface area contributed by atoms with Crippen LogP contribution in [0.1, 0.15) is 20.3 Å². The summed E-state index contributed by atoms with van der Waals surface area (Å²) >= 11 is 6.63. The molecule has 1 aromatic carbocycles. The summed E-state index contributed by atoms with van der Waals surface area (Å²) in [4.78, 5) is 0.277. The van der Waals surface area contributed by atoms with Gasteiger partial charge in [0.25, 0.3) is 0 Å². The first-order valence-corrected chi connectivity index (χ1v) is 8.98. The number of hydrogen-bond donors (Lipinski definition) is 1. The molecular formula is C12H17Br2NO2S. The minimum atomic E-state index is -3.45. The molecule has 0 saturated carbocycles. The predicted octanol–water partition coefficient (Wildman–Crippen LogP) is 3.54. The molecule has 102 valence electrons. The second kappa shape index (κ2) is 6.50. The Labute approximate surface area is 126 Å². The Hall–Kier alpha value is 0.0900. The first kappa shape index (κ1) is 16.1. The number of nitrogens with one attached hydrogen (secondary N) is 1. The number of halogens is 2. The summed E-state index contributed by atoms with van der Waals surface area (Å²) in [6.07, 6.45) is 0.908. The highest BCUT2D eigenvalue weighted by molar-refractivity contribution is 9.10. The third-order valence-corrected chi connectivity index (χ3v) is 5.45. The molecule has 1 rings (SSSR count). The monoisotopic (exact) mass is 397 g/mol. The molecule has 0 saturated heterocycles. The van der Waals surface area contributed by atoms with Gasteiger partial charge in [-0.05, 0) is 39.9 Å². The standard InChI is InChI=1S/C12H17Br2NO2S/c1-12(2,7-8-13)9-15-18(16,17)11-6-4-3-5-10(11)14/h3-6,15H,7-9H2,1-2H3. The lowest BCUT2D eigenvalue weighted by Gasteiger charge is -2.23. The molecule has 18 heavy (non-hydrogen) atoms. The lowest BCUT2D eigenvalue weighted by Crippen LogP contribution is -2.34. The van der Waals surface area contributed by atoms with Gasteiger partial charge in [0.1, 0.15) is 0 Å². The smallest absolute Gasteiger partial charge is 0.211 e. The van der Waals surface area contributed by atoms with Crippen LogP contribution in [0.3, 0.4) is 0 Å². The fourth-order valence-corrected chi connectivity index (χ4v) is 4.69. The van der Waals surface area contributed by atoms with Crippen LogP contribution in [0, 0.1) is 5.41 Å². The Morgan fingerprint density at radius 1 is 1.28 bits per heavy atom. The van der Waals surface area contributed by atoms with E-state index >= 15 is 0 Å². The molecule has 0 heterocycles. The molecule has 0 spiro atoms. The van der Waals surface area contributed by atoms with Crippen molar-refractivity contribution in [1.82, 2.24) is 4.72 Å². The molecule has 1 N–H and O–H groups in total. The van der Waals surface area contributed by atoms with Gasteiger partial charge in [0.15, 0.2) is 0 Å². The van der Waals surface area contributed by atoms with Crippen LogP contribution in [0.5, 0.6) is 0 Å². The minimum absolute atomic E-state index is 0.0716. The van der Waals surface area contributed by atoms with Crippen molar-refractivity contribution in [2.24, 2.45) is 5.41 Å². The van der Waals surface area contributed by atoms with Crippen molar-refractivity contribution in [2.75, 3.05) is 11.9 Å². The largest absolute Gasteiger partial charge is 0.241 e. The molecular weight excluding hydrogens is 382 g/mol. The molecule has 0 amide bonds. The van der Waals surface area contributed by atoms with E-state index in [0.717, 1.165) is 11.8 Å². The molecule has 3 nitrogen and oxygen atoms in total. The van der Waals surface area contributed by atoms with Crippen LogP contribution in [0.25, 0.3) is 0 Å². The van der Waals surface area contributed by atoms with E-state index < -0.39 is 10.0 Å². The van der Waals surface area contributed by atoms with E-state index in [1.165, 1.54) is 0 Å². The van der Waals surface area contributed by atoms with Gasteiger partial charge in [0.2, 0.25) is 10.0 Å². The van der Waals surface area contributed by atoms with E-state index in [1.54, 1.807) is 24.3 Å². The van der Waals surface area contributed by atoms with E-state index in [-0.39, 0.29) is 10.3 Å². The summed E-state index contributed by atoms with van der Waals surface area (Å²) in [5, 5.41) is 0.858. The van der Waals surface area contributed by atoms with E-state index in [4.69, 9.17) is 0 Å². The Morgan fingerprint density at radius 3 is 2.44 bits per heavy atom. The first-order valence-electron chi connectivity index (χ1n) is 5.59. The SMILES string of the molecule is CC(C)(CCBr)CNS(=O)(=O)c1ccccc1Br. The topological polar surface area (TPSA) is 46.2 Å². The third-order valence-electron chi connectivity index (χ3n) is 2.64. The van der Waals surface area contributed by atoms with E-state index in [0.29, 0.717) is 11.0 Å². The Kier molecular flexibility index (Phi) is 5.83. The fraction of sp³-hybridized carbons (Fsp3) is 0.500. The molecule has 0 aromatic heterocycles. The van der Waals surface area contributed by atoms with Gasteiger partial charge in [-0.25, -0.2) is 13.1 Å². The summed E-state index contributed by atoms with van der Waals surface area (Å²) in [6, 6.07) is 6.81. The highest BCUT2D eigenvalue weighted by atomic mass is 79.9. The van der Waals surface area contributed by atoms with Crippen LogP contribution < -0.4 is 4.72 Å². The van der Waals surface area contributed by atoms with Gasteiger partial charge >= 0.3 is 0 Å². The predicted molar refractivity (Wildman–Crippen MR) is 81.5 cm³/mol. The van der Waals surface area contributed by atoms with Gasteiger partial charge in [-0.3, -0.25) is 0 Å². The fourth-order valence-electron chi connectivity index (χ4n) is 1.37. The molecule has 0 aliphatic rings. The zero-order chi connectivity index (χ0) is 13.8. The Balaban J connectivity index is 2.81. The summed E-state index contributed by atoms with van der Waals surface area (Å²) in [7, 11) is -3.45. The number of hydrogen-bond acceptors (Lipinski definition) is 2. The maximum atomic E-state index is 12.2. The normalized spacial score (nSPS) is 12.7. The maximum Gasteiger partial charge on any atom is 0.241 e. The molecule has 0 radical (unpaired) electrons. The molecule has 0 atom stereocenters. The van der Waals surface area contributed by atoms with Crippen LogP contribution in [0.4, 0.5) is 0 Å². The van der Waals surface area contributed by atoms with Gasteiger partial charge in [0.05, 0.1) is 4.90 Å². The lowest BCUT2D eigenvalue weighted by molar-refractivity contribution is 0.354. The van der Waals surface area contributed by atoms with Crippen LogP contribution in [-0.4, -0.2) is 20.3 Å². The summed E-state index contributed by atoms with van der Waals surface area (Å²) in [6.45, 7) is 4.50. The van der Waals surface area contributed by atoms with Gasteiger partial charge < -0.3 is 0 Å². The Bertz CT molecular complexity index is 501. The summed E-state index contributed by atoms with van der Waals surface area (Å²) < 4.78 is 27.5. The zero-order valence-corrected chi connectivity index (χ0v) is 14.4. The number of alkyl halides is 1. The number of benzene rings is 1. The Morgan fingerprint density at radius 2 is 1.89 bits per heavy atom. The van der Waals surface area contributed by atoms with E-state index in [9.17, 15) is 8.42 Å². The molecule has 0 fully saturated rings. The molecule has 0 bridgehead atoms. The van der Waals surface area contributed by atoms with Gasteiger partial charge in [0, 0.05) is 16.3 Å². The van der Waals surface area contributed by atoms with E-state index in [2.05, 4.69) is 36.6 Å². The zero-order valence-electron chi connectivity index (χ0n) is 10.4. The second-order valence-electron chi connectivity index (χ2n) is 4.86. The lowest BCUT2D eigenvalue weighted by atomic mass is 9.91. The minimum Gasteiger partial charge on any atom is -0.211 e. The third kappa shape index (κ3) is 4.64. The summed E-state index contributed by atoms with van der Waals surface area (Å²) in [5.74, 6) is 0. The van der Waals surface area contributed by atoms with Crippen LogP contribution in [0.2, 0.25) is 0 Å². The number of rotatable bonds is 6. The molecule has 6 heteroatoms. The first-order chi connectivity index (χ1) is 8.28. The average molecular weight is 399 g/mol. The van der Waals surface area contributed by atoms with Crippen molar-refractivity contribution in [3.8, 4) is 0 Å². The van der Waals surface area contributed by atoms with Crippen molar-refractivity contribution in [2.45, 2.75) is 25.2 Å². The van der Waals surface area contributed by atoms with Crippen LogP contribution >= 0.6 is 31.9 Å². The molecule has 0 aliphatic heterocycles. The van der Waals surface area contributed by atoms with Crippen LogP contribution in [-0.2, 0) is 10.0 Å². The van der Waals surface area contributed by atoms with Crippen molar-refractivity contribution in [1.29, 1.82) is 0 Å². The highest BCUT2D eigenvalue weighted by Crippen LogP contribution is 2.24. The van der Waals surface area contributed by atoms with Crippen molar-refractivity contribution >= 4 is 41.9 Å². The maximum absolute atomic E-state index is 12.2. The molecule has 1 aromatic rings. The van der Waals surface area contributed by atoms with Crippen molar-refractivity contribution in [3.05, 3.63) is 28.7 Å². The van der Waals surface area contributed by atoms with Gasteiger partial charge in [-0.1, -0.05) is 41.9 Å². The summed E-state index contributed by atoms with van der Waals surface area (Å²) in [5.41, 5.74) is -0.0716. The van der Waals surface area contributed by atoms with Crippen LogP contribution in [0.15, 0.2) is 33.6 Å². The van der Waals surface area contributed by atoms with Gasteiger partial charge in [-0.2, -0.15) is 0 Å². The van der Waals surface area contributed by atoms with E-state index in [1.807, 2.05) is 13.8 Å². The quantitative estimate of drug-likeness (QED) is 0.745.